The summed E-state index contributed by atoms with van der Waals surface area (Å²) in [7, 11) is -3.77. The van der Waals surface area contributed by atoms with Crippen molar-refractivity contribution in [3.8, 4) is 0 Å². The third-order valence-electron chi connectivity index (χ3n) is 3.42. The number of sulfonamides is 1. The van der Waals surface area contributed by atoms with E-state index in [-0.39, 0.29) is 9.90 Å². The van der Waals surface area contributed by atoms with Crippen molar-refractivity contribution in [1.29, 1.82) is 0 Å². The normalized spacial score (nSPS) is 12.8. The average Bonchev–Trinajstić information content (AvgIpc) is 3.10. The number of anilines is 1. The summed E-state index contributed by atoms with van der Waals surface area (Å²) in [6.07, 6.45) is 2.20. The van der Waals surface area contributed by atoms with Crippen LogP contribution in [0, 0.1) is 12.7 Å². The van der Waals surface area contributed by atoms with E-state index in [0.717, 1.165) is 11.3 Å². The van der Waals surface area contributed by atoms with Crippen LogP contribution >= 0.6 is 23.1 Å². The number of aryl methyl sites for hydroxylation is 1. The van der Waals surface area contributed by atoms with E-state index in [9.17, 15) is 17.6 Å². The van der Waals surface area contributed by atoms with Crippen molar-refractivity contribution in [2.75, 3.05) is 17.3 Å². The van der Waals surface area contributed by atoms with Crippen LogP contribution in [0.15, 0.2) is 39.9 Å². The van der Waals surface area contributed by atoms with Crippen LogP contribution in [0.2, 0.25) is 0 Å². The Labute approximate surface area is 155 Å². The van der Waals surface area contributed by atoms with Gasteiger partial charge in [0.15, 0.2) is 0 Å². The van der Waals surface area contributed by atoms with Crippen molar-refractivity contribution in [3.63, 3.8) is 0 Å². The zero-order valence-corrected chi connectivity index (χ0v) is 16.2. The summed E-state index contributed by atoms with van der Waals surface area (Å²) >= 11 is 2.59. The maximum absolute atomic E-state index is 13.6. The molecule has 136 valence electrons. The number of hydrogen-bond acceptors (Lipinski definition) is 5. The fourth-order valence-corrected chi connectivity index (χ4v) is 4.75. The second-order valence-electron chi connectivity index (χ2n) is 5.34. The molecule has 25 heavy (non-hydrogen) atoms. The second kappa shape index (κ2) is 8.79. The number of amides is 1. The summed E-state index contributed by atoms with van der Waals surface area (Å²) in [6, 6.07) is 6.51. The van der Waals surface area contributed by atoms with Gasteiger partial charge in [-0.3, -0.25) is 4.79 Å². The molecule has 1 atom stereocenters. The molecule has 0 saturated carbocycles. The van der Waals surface area contributed by atoms with Crippen LogP contribution < -0.4 is 10.0 Å². The maximum atomic E-state index is 13.6. The lowest BCUT2D eigenvalue weighted by molar-refractivity contribution is -0.117. The first-order chi connectivity index (χ1) is 11.8. The number of hydrogen-bond donors (Lipinski definition) is 2. The largest absolute Gasteiger partial charge is 0.325 e. The summed E-state index contributed by atoms with van der Waals surface area (Å²) in [5.41, 5.74) is 0.757. The minimum absolute atomic E-state index is 0.149. The molecule has 1 unspecified atom stereocenters. The lowest BCUT2D eigenvalue weighted by Gasteiger charge is -2.18. The average molecular weight is 403 g/mol. The van der Waals surface area contributed by atoms with Crippen molar-refractivity contribution in [3.05, 3.63) is 47.1 Å². The SMILES string of the molecule is CSCCC(NS(=O)(=O)c1cccs1)C(=O)Nc1ccc(C)c(F)c1. The van der Waals surface area contributed by atoms with E-state index in [1.807, 2.05) is 6.26 Å². The molecule has 0 bridgehead atoms. The Morgan fingerprint density at radius 1 is 1.36 bits per heavy atom. The predicted octanol–water partition coefficient (Wildman–Crippen LogP) is 3.23. The number of thiophene rings is 1. The molecule has 2 rings (SSSR count). The van der Waals surface area contributed by atoms with Gasteiger partial charge in [-0.1, -0.05) is 12.1 Å². The van der Waals surface area contributed by atoms with Crippen LogP contribution in [-0.2, 0) is 14.8 Å². The highest BCUT2D eigenvalue weighted by Gasteiger charge is 2.26. The van der Waals surface area contributed by atoms with Crippen molar-refractivity contribution in [2.24, 2.45) is 0 Å². The number of carbonyl (C=O) groups is 1. The summed E-state index contributed by atoms with van der Waals surface area (Å²) in [5.74, 6) is -0.345. The first-order valence-electron chi connectivity index (χ1n) is 7.45. The molecular formula is C16H19FN2O3S3. The standard InChI is InChI=1S/C16H19FN2O3S3/c1-11-5-6-12(10-13(11)17)18-16(20)14(7-9-23-2)19-25(21,22)15-4-3-8-24-15/h3-6,8,10,14,19H,7,9H2,1-2H3,(H,18,20). The Bertz CT molecular complexity index is 823. The number of benzene rings is 1. The van der Waals surface area contributed by atoms with Crippen molar-refractivity contribution < 1.29 is 17.6 Å². The molecule has 1 heterocycles. The van der Waals surface area contributed by atoms with E-state index in [2.05, 4.69) is 10.0 Å². The number of thioether (sulfide) groups is 1. The van der Waals surface area contributed by atoms with E-state index in [1.165, 1.54) is 23.9 Å². The molecule has 0 aliphatic rings. The fourth-order valence-electron chi connectivity index (χ4n) is 2.04. The first kappa shape index (κ1) is 19.9. The molecule has 9 heteroatoms. The van der Waals surface area contributed by atoms with Crippen LogP contribution in [0.4, 0.5) is 10.1 Å². The molecule has 5 nitrogen and oxygen atoms in total. The molecule has 2 aromatic rings. The van der Waals surface area contributed by atoms with Crippen molar-refractivity contribution in [1.82, 2.24) is 4.72 Å². The lowest BCUT2D eigenvalue weighted by atomic mass is 10.2. The smallest absolute Gasteiger partial charge is 0.250 e. The summed E-state index contributed by atoms with van der Waals surface area (Å²) in [6.45, 7) is 1.62. The third kappa shape index (κ3) is 5.53. The van der Waals surface area contributed by atoms with Gasteiger partial charge in [-0.2, -0.15) is 16.5 Å². The van der Waals surface area contributed by atoms with Crippen molar-refractivity contribution in [2.45, 2.75) is 23.6 Å². The maximum Gasteiger partial charge on any atom is 0.250 e. The van der Waals surface area contributed by atoms with Gasteiger partial charge in [-0.05, 0) is 54.5 Å². The van der Waals surface area contributed by atoms with Crippen molar-refractivity contribution >= 4 is 44.7 Å². The molecule has 0 aliphatic carbocycles. The van der Waals surface area contributed by atoms with Gasteiger partial charge in [0.1, 0.15) is 16.1 Å². The molecule has 0 aliphatic heterocycles. The number of carbonyl (C=O) groups excluding carboxylic acids is 1. The van der Waals surface area contributed by atoms with E-state index in [4.69, 9.17) is 0 Å². The monoisotopic (exact) mass is 402 g/mol. The van der Waals surface area contributed by atoms with Gasteiger partial charge in [-0.15, -0.1) is 11.3 Å². The highest BCUT2D eigenvalue weighted by atomic mass is 32.2. The Kier molecular flexibility index (Phi) is 7.00. The van der Waals surface area contributed by atoms with Crippen LogP contribution in [0.3, 0.4) is 0 Å². The second-order valence-corrected chi connectivity index (χ2v) is 9.21. The quantitative estimate of drug-likeness (QED) is 0.711. The predicted molar refractivity (Wildman–Crippen MR) is 101 cm³/mol. The Morgan fingerprint density at radius 2 is 2.12 bits per heavy atom. The van der Waals surface area contributed by atoms with Gasteiger partial charge in [-0.25, -0.2) is 12.8 Å². The molecule has 0 saturated heterocycles. The molecule has 1 aromatic heterocycles. The number of halogens is 1. The molecular weight excluding hydrogens is 383 g/mol. The first-order valence-corrected chi connectivity index (χ1v) is 11.2. The zero-order valence-electron chi connectivity index (χ0n) is 13.8. The minimum atomic E-state index is -3.77. The van der Waals surface area contributed by atoms with Crippen LogP contribution in [0.1, 0.15) is 12.0 Å². The Hall–Kier alpha value is -1.42. The van der Waals surface area contributed by atoms with Crippen LogP contribution in [-0.4, -0.2) is 32.4 Å². The van der Waals surface area contributed by atoms with E-state index in [1.54, 1.807) is 30.5 Å². The highest BCUT2D eigenvalue weighted by Crippen LogP contribution is 2.18. The molecule has 0 radical (unpaired) electrons. The Morgan fingerprint density at radius 3 is 2.72 bits per heavy atom. The van der Waals surface area contributed by atoms with Gasteiger partial charge < -0.3 is 5.32 Å². The topological polar surface area (TPSA) is 75.3 Å². The molecule has 2 N–H and O–H groups in total. The number of rotatable bonds is 8. The van der Waals surface area contributed by atoms with Crippen LogP contribution in [0.5, 0.6) is 0 Å². The van der Waals surface area contributed by atoms with Gasteiger partial charge in [0.05, 0.1) is 0 Å². The molecule has 0 fully saturated rings. The van der Waals surface area contributed by atoms with E-state index in [0.29, 0.717) is 17.7 Å². The fraction of sp³-hybridized carbons (Fsp3) is 0.312. The van der Waals surface area contributed by atoms with Gasteiger partial charge in [0.25, 0.3) is 10.0 Å². The van der Waals surface area contributed by atoms with Crippen LogP contribution in [0.25, 0.3) is 0 Å². The summed E-state index contributed by atoms with van der Waals surface area (Å²) < 4.78 is 41.0. The summed E-state index contributed by atoms with van der Waals surface area (Å²) in [4.78, 5) is 12.5. The van der Waals surface area contributed by atoms with Gasteiger partial charge in [0, 0.05) is 5.69 Å². The summed E-state index contributed by atoms with van der Waals surface area (Å²) in [5, 5.41) is 4.23. The van der Waals surface area contributed by atoms with Gasteiger partial charge in [0.2, 0.25) is 5.91 Å². The van der Waals surface area contributed by atoms with E-state index >= 15 is 0 Å². The molecule has 1 amide bonds. The molecule has 1 aromatic carbocycles. The van der Waals surface area contributed by atoms with E-state index < -0.39 is 27.8 Å². The lowest BCUT2D eigenvalue weighted by Crippen LogP contribution is -2.43. The zero-order chi connectivity index (χ0) is 18.4. The Balaban J connectivity index is 2.15. The number of nitrogens with one attached hydrogen (secondary N) is 2. The third-order valence-corrected chi connectivity index (χ3v) is 6.94. The minimum Gasteiger partial charge on any atom is -0.325 e. The van der Waals surface area contributed by atoms with Gasteiger partial charge >= 0.3 is 0 Å². The highest BCUT2D eigenvalue weighted by molar-refractivity contribution is 7.98. The molecule has 0 spiro atoms.